The molecule has 0 saturated heterocycles. The number of aromatic amines is 1. The van der Waals surface area contributed by atoms with Crippen LogP contribution in [-0.4, -0.2) is 21.6 Å². The molecular formula is C15H15N3OS. The predicted octanol–water partition coefficient (Wildman–Crippen LogP) is 3.46. The summed E-state index contributed by atoms with van der Waals surface area (Å²) in [7, 11) is 1.66. The molecule has 0 bridgehead atoms. The number of nitrogens with one attached hydrogen (secondary N) is 1. The molecule has 0 radical (unpaired) electrons. The van der Waals surface area contributed by atoms with Gasteiger partial charge in [-0.2, -0.15) is 0 Å². The molecule has 1 aromatic carbocycles. The van der Waals surface area contributed by atoms with Gasteiger partial charge in [-0.05, 0) is 48.5 Å². The quantitative estimate of drug-likeness (QED) is 0.749. The summed E-state index contributed by atoms with van der Waals surface area (Å²) in [6, 6.07) is 7.91. The highest BCUT2D eigenvalue weighted by atomic mass is 32.1. The first-order valence-electron chi connectivity index (χ1n) is 6.35. The molecule has 2 heterocycles. The van der Waals surface area contributed by atoms with Gasteiger partial charge in [0.2, 0.25) is 0 Å². The van der Waals surface area contributed by atoms with Crippen molar-refractivity contribution in [1.29, 1.82) is 0 Å². The second-order valence-electron chi connectivity index (χ2n) is 4.70. The minimum atomic E-state index is 0.700. The number of methoxy groups -OCH3 is 1. The van der Waals surface area contributed by atoms with E-state index in [1.807, 2.05) is 30.5 Å². The van der Waals surface area contributed by atoms with Gasteiger partial charge in [0.1, 0.15) is 5.75 Å². The van der Waals surface area contributed by atoms with Gasteiger partial charge in [-0.3, -0.25) is 4.98 Å². The second-order valence-corrected chi connectivity index (χ2v) is 5.09. The predicted molar refractivity (Wildman–Crippen MR) is 81.8 cm³/mol. The summed E-state index contributed by atoms with van der Waals surface area (Å²) >= 11 is 5.42. The largest absolute Gasteiger partial charge is 0.497 e. The lowest BCUT2D eigenvalue weighted by atomic mass is 10.1. The summed E-state index contributed by atoms with van der Waals surface area (Å²) in [4.78, 5) is 7.41. The zero-order valence-electron chi connectivity index (χ0n) is 11.4. The van der Waals surface area contributed by atoms with E-state index in [0.29, 0.717) is 11.3 Å². The van der Waals surface area contributed by atoms with E-state index in [2.05, 4.69) is 21.5 Å². The molecule has 0 amide bonds. The first-order chi connectivity index (χ1) is 9.69. The molecule has 0 saturated carbocycles. The van der Waals surface area contributed by atoms with E-state index in [0.717, 1.165) is 22.3 Å². The standard InChI is InChI=1S/C15H15N3OS/c1-10-5-6-16-8-11(10)9-18-14-7-12(19-2)3-4-13(14)17-15(18)20/h3-8H,9H2,1-2H3,(H,17,20). The van der Waals surface area contributed by atoms with Crippen LogP contribution >= 0.6 is 12.2 Å². The summed E-state index contributed by atoms with van der Waals surface area (Å²) in [5, 5.41) is 0. The van der Waals surface area contributed by atoms with Crippen LogP contribution in [-0.2, 0) is 6.54 Å². The van der Waals surface area contributed by atoms with Gasteiger partial charge in [0.05, 0.1) is 24.7 Å². The van der Waals surface area contributed by atoms with Crippen LogP contribution in [0.15, 0.2) is 36.7 Å². The number of aromatic nitrogens is 3. The van der Waals surface area contributed by atoms with Crippen molar-refractivity contribution >= 4 is 23.3 Å². The van der Waals surface area contributed by atoms with Gasteiger partial charge in [-0.15, -0.1) is 0 Å². The fraction of sp³-hybridized carbons (Fsp3) is 0.200. The fourth-order valence-corrected chi connectivity index (χ4v) is 2.52. The molecule has 0 aliphatic carbocycles. The maximum absolute atomic E-state index is 5.42. The number of fused-ring (bicyclic) bond motifs is 1. The monoisotopic (exact) mass is 285 g/mol. The van der Waals surface area contributed by atoms with E-state index in [9.17, 15) is 0 Å². The van der Waals surface area contributed by atoms with Crippen LogP contribution in [0.2, 0.25) is 0 Å². The van der Waals surface area contributed by atoms with E-state index >= 15 is 0 Å². The molecular weight excluding hydrogens is 270 g/mol. The Hall–Kier alpha value is -2.14. The van der Waals surface area contributed by atoms with Crippen molar-refractivity contribution in [2.45, 2.75) is 13.5 Å². The third kappa shape index (κ3) is 2.20. The lowest BCUT2D eigenvalue weighted by Crippen LogP contribution is -2.02. The Balaban J connectivity index is 2.13. The summed E-state index contributed by atoms with van der Waals surface area (Å²) in [5.74, 6) is 0.822. The highest BCUT2D eigenvalue weighted by Gasteiger charge is 2.08. The molecule has 3 aromatic rings. The molecule has 4 nitrogen and oxygen atoms in total. The van der Waals surface area contributed by atoms with E-state index in [4.69, 9.17) is 17.0 Å². The molecule has 0 aliphatic heterocycles. The molecule has 102 valence electrons. The van der Waals surface area contributed by atoms with Crippen molar-refractivity contribution in [3.05, 3.63) is 52.6 Å². The Bertz CT molecular complexity index is 819. The minimum absolute atomic E-state index is 0.700. The molecule has 2 aromatic heterocycles. The number of imidazole rings is 1. The Morgan fingerprint density at radius 1 is 1.35 bits per heavy atom. The van der Waals surface area contributed by atoms with Crippen molar-refractivity contribution in [2.75, 3.05) is 7.11 Å². The highest BCUT2D eigenvalue weighted by Crippen LogP contribution is 2.22. The lowest BCUT2D eigenvalue weighted by Gasteiger charge is -2.08. The third-order valence-electron chi connectivity index (χ3n) is 3.46. The highest BCUT2D eigenvalue weighted by molar-refractivity contribution is 7.71. The van der Waals surface area contributed by atoms with Crippen LogP contribution in [0.4, 0.5) is 0 Å². The maximum atomic E-state index is 5.42. The summed E-state index contributed by atoms with van der Waals surface area (Å²) in [6.45, 7) is 2.78. The van der Waals surface area contributed by atoms with Gasteiger partial charge in [-0.25, -0.2) is 0 Å². The van der Waals surface area contributed by atoms with Gasteiger partial charge in [0.25, 0.3) is 0 Å². The van der Waals surface area contributed by atoms with E-state index in [-0.39, 0.29) is 0 Å². The molecule has 20 heavy (non-hydrogen) atoms. The lowest BCUT2D eigenvalue weighted by molar-refractivity contribution is 0.415. The van der Waals surface area contributed by atoms with Gasteiger partial charge in [0, 0.05) is 18.5 Å². The molecule has 3 rings (SSSR count). The summed E-state index contributed by atoms with van der Waals surface area (Å²) in [6.07, 6.45) is 3.69. The van der Waals surface area contributed by atoms with Gasteiger partial charge < -0.3 is 14.3 Å². The summed E-state index contributed by atoms with van der Waals surface area (Å²) < 4.78 is 8.06. The fourth-order valence-electron chi connectivity index (χ4n) is 2.25. The van der Waals surface area contributed by atoms with E-state index in [1.165, 1.54) is 5.56 Å². The number of hydrogen-bond donors (Lipinski definition) is 1. The van der Waals surface area contributed by atoms with Crippen LogP contribution < -0.4 is 4.74 Å². The first-order valence-corrected chi connectivity index (χ1v) is 6.76. The third-order valence-corrected chi connectivity index (χ3v) is 3.78. The van der Waals surface area contributed by atoms with Gasteiger partial charge >= 0.3 is 0 Å². The number of hydrogen-bond acceptors (Lipinski definition) is 3. The average molecular weight is 285 g/mol. The average Bonchev–Trinajstić information content (AvgIpc) is 2.77. The van der Waals surface area contributed by atoms with Crippen LogP contribution in [0.3, 0.4) is 0 Å². The van der Waals surface area contributed by atoms with Crippen molar-refractivity contribution in [3.63, 3.8) is 0 Å². The van der Waals surface area contributed by atoms with Crippen LogP contribution in [0.5, 0.6) is 5.75 Å². The Kier molecular flexibility index (Phi) is 3.28. The van der Waals surface area contributed by atoms with Crippen molar-refractivity contribution < 1.29 is 4.74 Å². The Morgan fingerprint density at radius 3 is 2.95 bits per heavy atom. The summed E-state index contributed by atoms with van der Waals surface area (Å²) in [5.41, 5.74) is 4.42. The number of H-pyrrole nitrogens is 1. The number of pyridine rings is 1. The maximum Gasteiger partial charge on any atom is 0.178 e. The Morgan fingerprint density at radius 2 is 2.20 bits per heavy atom. The smallest absolute Gasteiger partial charge is 0.178 e. The van der Waals surface area contributed by atoms with Crippen LogP contribution in [0.1, 0.15) is 11.1 Å². The normalized spacial score (nSPS) is 10.9. The number of nitrogens with zero attached hydrogens (tertiary/aromatic N) is 2. The zero-order valence-corrected chi connectivity index (χ0v) is 12.2. The second kappa shape index (κ2) is 5.09. The first kappa shape index (κ1) is 12.9. The van der Waals surface area contributed by atoms with Gasteiger partial charge in [0.15, 0.2) is 4.77 Å². The van der Waals surface area contributed by atoms with Crippen LogP contribution in [0, 0.1) is 11.7 Å². The van der Waals surface area contributed by atoms with Crippen molar-refractivity contribution in [3.8, 4) is 5.75 Å². The number of ether oxygens (including phenoxy) is 1. The number of benzene rings is 1. The Labute approximate surface area is 122 Å². The molecule has 1 N–H and O–H groups in total. The SMILES string of the molecule is COc1ccc2[nH]c(=S)n(Cc3cnccc3C)c2c1. The number of aryl methyl sites for hydroxylation is 1. The topological polar surface area (TPSA) is 42.8 Å². The molecule has 5 heteroatoms. The van der Waals surface area contributed by atoms with Gasteiger partial charge in [-0.1, -0.05) is 0 Å². The number of rotatable bonds is 3. The molecule has 0 unspecified atom stereocenters. The molecule has 0 fully saturated rings. The van der Waals surface area contributed by atoms with Crippen molar-refractivity contribution in [1.82, 2.24) is 14.5 Å². The molecule has 0 aliphatic rings. The van der Waals surface area contributed by atoms with Crippen LogP contribution in [0.25, 0.3) is 11.0 Å². The zero-order chi connectivity index (χ0) is 14.1. The molecule has 0 atom stereocenters. The van der Waals surface area contributed by atoms with E-state index in [1.54, 1.807) is 13.3 Å². The van der Waals surface area contributed by atoms with E-state index < -0.39 is 0 Å². The molecule has 0 spiro atoms. The minimum Gasteiger partial charge on any atom is -0.497 e. The van der Waals surface area contributed by atoms with Crippen molar-refractivity contribution in [2.24, 2.45) is 0 Å².